The Morgan fingerprint density at radius 1 is 1.44 bits per heavy atom. The summed E-state index contributed by atoms with van der Waals surface area (Å²) in [6.07, 6.45) is 2.08. The number of nitrogens with one attached hydrogen (secondary N) is 1. The Balaban J connectivity index is 1.83. The molecule has 0 atom stereocenters. The van der Waals surface area contributed by atoms with E-state index in [2.05, 4.69) is 22.4 Å². The topological polar surface area (TPSA) is 50.2 Å². The second-order valence-corrected chi connectivity index (χ2v) is 5.23. The largest absolute Gasteiger partial charge is 0.352 e. The number of rotatable bonds is 3. The molecule has 0 radical (unpaired) electrons. The number of nitrogens with zero attached hydrogens (tertiary/aromatic N) is 3. The number of hydrogen-bond donors (Lipinski definition) is 1. The van der Waals surface area contributed by atoms with Crippen molar-refractivity contribution in [2.45, 2.75) is 39.3 Å². The van der Waals surface area contributed by atoms with Gasteiger partial charge in [0.2, 0.25) is 5.91 Å². The molecular weight excluding hydrogens is 228 g/mol. The summed E-state index contributed by atoms with van der Waals surface area (Å²) in [7, 11) is 2.12. The van der Waals surface area contributed by atoms with Crippen molar-refractivity contribution in [2.24, 2.45) is 0 Å². The van der Waals surface area contributed by atoms with Gasteiger partial charge >= 0.3 is 0 Å². The third kappa shape index (κ3) is 3.32. The number of carbonyl (C=O) groups excluding carboxylic acids is 1. The van der Waals surface area contributed by atoms with Crippen molar-refractivity contribution in [2.75, 3.05) is 20.1 Å². The summed E-state index contributed by atoms with van der Waals surface area (Å²) >= 11 is 0. The Morgan fingerprint density at radius 2 is 2.11 bits per heavy atom. The van der Waals surface area contributed by atoms with Gasteiger partial charge in [-0.2, -0.15) is 5.10 Å². The molecule has 1 aromatic rings. The van der Waals surface area contributed by atoms with Crippen LogP contribution < -0.4 is 5.32 Å². The molecule has 0 aromatic carbocycles. The molecule has 0 spiro atoms. The third-order valence-electron chi connectivity index (χ3n) is 3.48. The molecule has 100 valence electrons. The molecule has 1 aromatic heterocycles. The molecule has 5 nitrogen and oxygen atoms in total. The van der Waals surface area contributed by atoms with Crippen molar-refractivity contribution in [1.29, 1.82) is 0 Å². The van der Waals surface area contributed by atoms with Crippen LogP contribution in [0.3, 0.4) is 0 Å². The fraction of sp³-hybridized carbons (Fsp3) is 0.692. The molecule has 0 aliphatic carbocycles. The number of aryl methyl sites for hydroxylation is 2. The lowest BCUT2D eigenvalue weighted by Crippen LogP contribution is -2.44. The van der Waals surface area contributed by atoms with Crippen molar-refractivity contribution >= 4 is 5.91 Å². The summed E-state index contributed by atoms with van der Waals surface area (Å²) in [6.45, 7) is 6.36. The Hall–Kier alpha value is -1.36. The third-order valence-corrected chi connectivity index (χ3v) is 3.48. The van der Waals surface area contributed by atoms with Crippen LogP contribution in [-0.2, 0) is 11.3 Å². The molecule has 18 heavy (non-hydrogen) atoms. The van der Waals surface area contributed by atoms with Gasteiger partial charge < -0.3 is 10.2 Å². The molecule has 1 aliphatic rings. The van der Waals surface area contributed by atoms with Crippen LogP contribution in [0.5, 0.6) is 0 Å². The van der Waals surface area contributed by atoms with Gasteiger partial charge in [0.1, 0.15) is 6.54 Å². The molecule has 0 bridgehead atoms. The summed E-state index contributed by atoms with van der Waals surface area (Å²) in [5.41, 5.74) is 1.99. The lowest BCUT2D eigenvalue weighted by atomic mass is 10.1. The van der Waals surface area contributed by atoms with E-state index in [1.807, 2.05) is 19.9 Å². The minimum absolute atomic E-state index is 0.0655. The number of likely N-dealkylation sites (tertiary alicyclic amines) is 1. The van der Waals surface area contributed by atoms with Crippen molar-refractivity contribution in [3.05, 3.63) is 17.5 Å². The molecule has 0 unspecified atom stereocenters. The predicted molar refractivity (Wildman–Crippen MR) is 70.4 cm³/mol. The maximum atomic E-state index is 11.9. The van der Waals surface area contributed by atoms with E-state index in [1.165, 1.54) is 0 Å². The van der Waals surface area contributed by atoms with Gasteiger partial charge in [-0.15, -0.1) is 0 Å². The number of piperidine rings is 1. The van der Waals surface area contributed by atoms with Crippen molar-refractivity contribution in [3.8, 4) is 0 Å². The summed E-state index contributed by atoms with van der Waals surface area (Å²) in [5.74, 6) is 0.0655. The smallest absolute Gasteiger partial charge is 0.241 e. The molecule has 5 heteroatoms. The van der Waals surface area contributed by atoms with Crippen LogP contribution in [0.25, 0.3) is 0 Å². The van der Waals surface area contributed by atoms with Crippen molar-refractivity contribution < 1.29 is 4.79 Å². The van der Waals surface area contributed by atoms with Crippen LogP contribution in [-0.4, -0.2) is 46.8 Å². The SMILES string of the molecule is Cc1cc(C)n(CC(=O)NC2CCN(C)CC2)n1. The Labute approximate surface area is 108 Å². The number of hydrogen-bond acceptors (Lipinski definition) is 3. The number of aromatic nitrogens is 2. The second kappa shape index (κ2) is 5.52. The Kier molecular flexibility index (Phi) is 4.01. The highest BCUT2D eigenvalue weighted by Crippen LogP contribution is 2.08. The maximum absolute atomic E-state index is 11.9. The molecule has 1 saturated heterocycles. The number of carbonyl (C=O) groups is 1. The molecule has 2 rings (SSSR count). The molecule has 2 heterocycles. The highest BCUT2D eigenvalue weighted by molar-refractivity contribution is 5.76. The monoisotopic (exact) mass is 250 g/mol. The van der Waals surface area contributed by atoms with E-state index in [9.17, 15) is 4.79 Å². The first-order chi connectivity index (χ1) is 8.54. The van der Waals surface area contributed by atoms with Gasteiger partial charge in [0.05, 0.1) is 5.69 Å². The Bertz CT molecular complexity index is 419. The first kappa shape index (κ1) is 13.1. The zero-order valence-corrected chi connectivity index (χ0v) is 11.4. The van der Waals surface area contributed by atoms with Gasteiger partial charge in [-0.25, -0.2) is 0 Å². The van der Waals surface area contributed by atoms with E-state index in [-0.39, 0.29) is 5.91 Å². The normalized spacial score (nSPS) is 17.9. The summed E-state index contributed by atoms with van der Waals surface area (Å²) in [4.78, 5) is 14.2. The van der Waals surface area contributed by atoms with Crippen LogP contribution in [0.1, 0.15) is 24.2 Å². The lowest BCUT2D eigenvalue weighted by molar-refractivity contribution is -0.122. The highest BCUT2D eigenvalue weighted by Gasteiger charge is 2.18. The standard InChI is InChI=1S/C13H22N4O/c1-10-8-11(2)17(15-10)9-13(18)14-12-4-6-16(3)7-5-12/h8,12H,4-7,9H2,1-3H3,(H,14,18). The van der Waals surface area contributed by atoms with Crippen LogP contribution in [0, 0.1) is 13.8 Å². The van der Waals surface area contributed by atoms with Crippen molar-refractivity contribution in [3.63, 3.8) is 0 Å². The van der Waals surface area contributed by atoms with E-state index in [1.54, 1.807) is 4.68 Å². The molecule has 1 N–H and O–H groups in total. The quantitative estimate of drug-likeness (QED) is 0.859. The van der Waals surface area contributed by atoms with Crippen LogP contribution in [0.15, 0.2) is 6.07 Å². The zero-order chi connectivity index (χ0) is 13.1. The van der Waals surface area contributed by atoms with Crippen LogP contribution in [0.2, 0.25) is 0 Å². The average Bonchev–Trinajstić information content (AvgIpc) is 2.61. The summed E-state index contributed by atoms with van der Waals surface area (Å²) < 4.78 is 1.76. The zero-order valence-electron chi connectivity index (χ0n) is 11.4. The maximum Gasteiger partial charge on any atom is 0.241 e. The van der Waals surface area contributed by atoms with Gasteiger partial charge in [0.25, 0.3) is 0 Å². The van der Waals surface area contributed by atoms with Gasteiger partial charge in [-0.1, -0.05) is 0 Å². The minimum Gasteiger partial charge on any atom is -0.352 e. The number of amides is 1. The first-order valence-corrected chi connectivity index (χ1v) is 6.53. The van der Waals surface area contributed by atoms with Crippen LogP contribution in [0.4, 0.5) is 0 Å². The lowest BCUT2D eigenvalue weighted by Gasteiger charge is -2.29. The molecule has 1 aliphatic heterocycles. The fourth-order valence-electron chi connectivity index (χ4n) is 2.40. The van der Waals surface area contributed by atoms with Gasteiger partial charge in [0.15, 0.2) is 0 Å². The van der Waals surface area contributed by atoms with Crippen LogP contribution >= 0.6 is 0 Å². The van der Waals surface area contributed by atoms with Gasteiger partial charge in [-0.3, -0.25) is 9.48 Å². The van der Waals surface area contributed by atoms with Crippen molar-refractivity contribution in [1.82, 2.24) is 20.0 Å². The van der Waals surface area contributed by atoms with Gasteiger partial charge in [0, 0.05) is 11.7 Å². The Morgan fingerprint density at radius 3 is 2.67 bits per heavy atom. The molecule has 1 fully saturated rings. The van der Waals surface area contributed by atoms with Gasteiger partial charge in [-0.05, 0) is 52.9 Å². The second-order valence-electron chi connectivity index (χ2n) is 5.23. The van der Waals surface area contributed by atoms with E-state index >= 15 is 0 Å². The molecular formula is C13H22N4O. The first-order valence-electron chi connectivity index (χ1n) is 6.53. The summed E-state index contributed by atoms with van der Waals surface area (Å²) in [5, 5.41) is 7.40. The van der Waals surface area contributed by atoms with E-state index in [4.69, 9.17) is 0 Å². The average molecular weight is 250 g/mol. The minimum atomic E-state index is 0.0655. The van der Waals surface area contributed by atoms with E-state index in [0.717, 1.165) is 37.3 Å². The van der Waals surface area contributed by atoms with E-state index < -0.39 is 0 Å². The summed E-state index contributed by atoms with van der Waals surface area (Å²) in [6, 6.07) is 2.31. The molecule has 0 saturated carbocycles. The predicted octanol–water partition coefficient (Wildman–Crippen LogP) is 0.710. The highest BCUT2D eigenvalue weighted by atomic mass is 16.2. The fourth-order valence-corrected chi connectivity index (χ4v) is 2.40. The van der Waals surface area contributed by atoms with E-state index in [0.29, 0.717) is 12.6 Å². The molecule has 1 amide bonds.